The van der Waals surface area contributed by atoms with Gasteiger partial charge in [-0.2, -0.15) is 0 Å². The van der Waals surface area contributed by atoms with Crippen molar-refractivity contribution in [2.24, 2.45) is 17.8 Å². The second kappa shape index (κ2) is 5.15. The van der Waals surface area contributed by atoms with Gasteiger partial charge in [-0.25, -0.2) is 9.97 Å². The lowest BCUT2D eigenvalue weighted by Gasteiger charge is -2.20. The average molecular weight is 261 g/mol. The SMILES string of the molecule is Nc1ncncc1COC(=O)C[C@@H]1C[C@H]2CC[C@H]1C2. The molecule has 1 heterocycles. The van der Waals surface area contributed by atoms with Crippen LogP contribution in [0.2, 0.25) is 0 Å². The lowest BCUT2D eigenvalue weighted by molar-refractivity contribution is -0.146. The zero-order chi connectivity index (χ0) is 13.2. The maximum absolute atomic E-state index is 11.9. The summed E-state index contributed by atoms with van der Waals surface area (Å²) in [4.78, 5) is 19.6. The second-order valence-electron chi connectivity index (χ2n) is 5.73. The molecule has 1 aromatic rings. The minimum Gasteiger partial charge on any atom is -0.461 e. The Labute approximate surface area is 112 Å². The molecule has 1 aromatic heterocycles. The van der Waals surface area contributed by atoms with Crippen LogP contribution in [-0.2, 0) is 16.1 Å². The number of carbonyl (C=O) groups excluding carboxylic acids is 1. The van der Waals surface area contributed by atoms with Gasteiger partial charge in [0.2, 0.25) is 0 Å². The lowest BCUT2D eigenvalue weighted by atomic mass is 9.86. The summed E-state index contributed by atoms with van der Waals surface area (Å²) in [5, 5.41) is 0. The van der Waals surface area contributed by atoms with Crippen LogP contribution >= 0.6 is 0 Å². The summed E-state index contributed by atoms with van der Waals surface area (Å²) in [7, 11) is 0. The van der Waals surface area contributed by atoms with Crippen LogP contribution in [-0.4, -0.2) is 15.9 Å². The molecular weight excluding hydrogens is 242 g/mol. The third kappa shape index (κ3) is 2.69. The molecule has 2 N–H and O–H groups in total. The number of hydrogen-bond acceptors (Lipinski definition) is 5. The van der Waals surface area contributed by atoms with E-state index in [0.717, 1.165) is 11.8 Å². The van der Waals surface area contributed by atoms with Gasteiger partial charge < -0.3 is 10.5 Å². The number of nitrogens with two attached hydrogens (primary N) is 1. The third-order valence-electron chi connectivity index (χ3n) is 4.52. The minimum atomic E-state index is -0.124. The second-order valence-corrected chi connectivity index (χ2v) is 5.73. The highest BCUT2D eigenvalue weighted by molar-refractivity contribution is 5.70. The number of rotatable bonds is 4. The Morgan fingerprint density at radius 3 is 3.00 bits per heavy atom. The van der Waals surface area contributed by atoms with Crippen LogP contribution in [0.15, 0.2) is 12.5 Å². The lowest BCUT2D eigenvalue weighted by Crippen LogP contribution is -2.17. The quantitative estimate of drug-likeness (QED) is 0.838. The van der Waals surface area contributed by atoms with Crippen molar-refractivity contribution in [2.75, 3.05) is 5.73 Å². The van der Waals surface area contributed by atoms with Gasteiger partial charge in [0.15, 0.2) is 0 Å². The molecule has 0 saturated heterocycles. The number of nitrogens with zero attached hydrogens (tertiary/aromatic N) is 2. The van der Waals surface area contributed by atoms with Crippen LogP contribution in [0.25, 0.3) is 0 Å². The van der Waals surface area contributed by atoms with Crippen molar-refractivity contribution >= 4 is 11.8 Å². The van der Waals surface area contributed by atoms with Crippen molar-refractivity contribution < 1.29 is 9.53 Å². The molecule has 2 aliphatic rings. The summed E-state index contributed by atoms with van der Waals surface area (Å²) >= 11 is 0. The van der Waals surface area contributed by atoms with E-state index in [1.54, 1.807) is 6.20 Å². The van der Waals surface area contributed by atoms with Crippen LogP contribution in [0.4, 0.5) is 5.82 Å². The van der Waals surface area contributed by atoms with Crippen molar-refractivity contribution in [1.29, 1.82) is 0 Å². The van der Waals surface area contributed by atoms with E-state index < -0.39 is 0 Å². The average Bonchev–Trinajstić information content (AvgIpc) is 3.00. The predicted octanol–water partition coefficient (Wildman–Crippen LogP) is 1.93. The first-order valence-electron chi connectivity index (χ1n) is 6.92. The Morgan fingerprint density at radius 2 is 2.32 bits per heavy atom. The Bertz CT molecular complexity index is 478. The van der Waals surface area contributed by atoms with Gasteiger partial charge in [0.1, 0.15) is 18.8 Å². The van der Waals surface area contributed by atoms with Gasteiger partial charge in [-0.05, 0) is 37.0 Å². The van der Waals surface area contributed by atoms with Crippen LogP contribution < -0.4 is 5.73 Å². The van der Waals surface area contributed by atoms with Crippen LogP contribution in [0.5, 0.6) is 0 Å². The van der Waals surface area contributed by atoms with E-state index >= 15 is 0 Å². The fourth-order valence-electron chi connectivity index (χ4n) is 3.54. The van der Waals surface area contributed by atoms with Crippen molar-refractivity contribution in [3.05, 3.63) is 18.1 Å². The molecule has 19 heavy (non-hydrogen) atoms. The highest BCUT2D eigenvalue weighted by Crippen LogP contribution is 2.49. The van der Waals surface area contributed by atoms with Crippen molar-refractivity contribution in [3.63, 3.8) is 0 Å². The van der Waals surface area contributed by atoms with E-state index in [4.69, 9.17) is 10.5 Å². The summed E-state index contributed by atoms with van der Waals surface area (Å²) in [6.07, 6.45) is 8.70. The van der Waals surface area contributed by atoms with E-state index in [2.05, 4.69) is 9.97 Å². The Hall–Kier alpha value is -1.65. The molecule has 2 fully saturated rings. The molecular formula is C14H19N3O2. The first-order valence-corrected chi connectivity index (χ1v) is 6.92. The standard InChI is InChI=1S/C14H19N3O2/c15-14-12(6-16-8-17-14)7-19-13(18)5-11-4-9-1-2-10(11)3-9/h6,8-11H,1-5,7H2,(H2,15,16,17)/t9-,10-,11-/m0/s1. The maximum Gasteiger partial charge on any atom is 0.306 e. The summed E-state index contributed by atoms with van der Waals surface area (Å²) in [6.45, 7) is 0.173. The molecule has 0 spiro atoms. The summed E-state index contributed by atoms with van der Waals surface area (Å²) < 4.78 is 5.28. The van der Waals surface area contributed by atoms with E-state index in [1.807, 2.05) is 0 Å². The topological polar surface area (TPSA) is 78.1 Å². The first-order chi connectivity index (χ1) is 9.22. The Morgan fingerprint density at radius 1 is 1.42 bits per heavy atom. The van der Waals surface area contributed by atoms with Gasteiger partial charge in [0.05, 0.1) is 0 Å². The summed E-state index contributed by atoms with van der Waals surface area (Å²) in [5.74, 6) is 2.41. The van der Waals surface area contributed by atoms with E-state index in [0.29, 0.717) is 23.7 Å². The highest BCUT2D eigenvalue weighted by Gasteiger charge is 2.40. The fourth-order valence-corrected chi connectivity index (χ4v) is 3.54. The van der Waals surface area contributed by atoms with Gasteiger partial charge in [0, 0.05) is 18.2 Å². The highest BCUT2D eigenvalue weighted by atomic mass is 16.5. The molecule has 2 bridgehead atoms. The first kappa shape index (κ1) is 12.4. The van der Waals surface area contributed by atoms with Crippen molar-refractivity contribution in [3.8, 4) is 0 Å². The molecule has 2 aliphatic carbocycles. The maximum atomic E-state index is 11.9. The molecule has 0 unspecified atom stereocenters. The number of esters is 1. The van der Waals surface area contributed by atoms with Crippen LogP contribution in [0.1, 0.15) is 37.7 Å². The van der Waals surface area contributed by atoms with E-state index in [9.17, 15) is 4.79 Å². The number of carbonyl (C=O) groups is 1. The molecule has 3 rings (SSSR count). The van der Waals surface area contributed by atoms with Crippen LogP contribution in [0.3, 0.4) is 0 Å². The zero-order valence-electron chi connectivity index (χ0n) is 10.9. The van der Waals surface area contributed by atoms with Gasteiger partial charge in [0.25, 0.3) is 0 Å². The molecule has 0 amide bonds. The normalized spacial score (nSPS) is 28.5. The largest absolute Gasteiger partial charge is 0.461 e. The van der Waals surface area contributed by atoms with Crippen molar-refractivity contribution in [2.45, 2.75) is 38.7 Å². The van der Waals surface area contributed by atoms with E-state index in [1.165, 1.54) is 32.0 Å². The molecule has 0 aromatic carbocycles. The molecule has 3 atom stereocenters. The molecule has 5 nitrogen and oxygen atoms in total. The number of fused-ring (bicyclic) bond motifs is 2. The smallest absolute Gasteiger partial charge is 0.306 e. The predicted molar refractivity (Wildman–Crippen MR) is 69.8 cm³/mol. The number of aromatic nitrogens is 2. The number of nitrogen functional groups attached to an aromatic ring is 1. The number of hydrogen-bond donors (Lipinski definition) is 1. The van der Waals surface area contributed by atoms with E-state index in [-0.39, 0.29) is 12.6 Å². The number of anilines is 1. The third-order valence-corrected chi connectivity index (χ3v) is 4.52. The monoisotopic (exact) mass is 261 g/mol. The minimum absolute atomic E-state index is 0.124. The molecule has 0 aliphatic heterocycles. The zero-order valence-corrected chi connectivity index (χ0v) is 10.9. The Kier molecular flexibility index (Phi) is 3.36. The summed E-state index contributed by atoms with van der Waals surface area (Å²) in [5.41, 5.74) is 6.35. The molecule has 102 valence electrons. The van der Waals surface area contributed by atoms with Gasteiger partial charge in [-0.1, -0.05) is 6.42 Å². The van der Waals surface area contributed by atoms with Gasteiger partial charge in [-0.3, -0.25) is 4.79 Å². The van der Waals surface area contributed by atoms with Gasteiger partial charge >= 0.3 is 5.97 Å². The number of ether oxygens (including phenoxy) is 1. The molecule has 2 saturated carbocycles. The van der Waals surface area contributed by atoms with Crippen molar-refractivity contribution in [1.82, 2.24) is 9.97 Å². The molecule has 0 radical (unpaired) electrons. The Balaban J connectivity index is 1.48. The fraction of sp³-hybridized carbons (Fsp3) is 0.643. The molecule has 5 heteroatoms. The van der Waals surface area contributed by atoms with Crippen LogP contribution in [0, 0.1) is 17.8 Å². The summed E-state index contributed by atoms with van der Waals surface area (Å²) in [6, 6.07) is 0. The van der Waals surface area contributed by atoms with Gasteiger partial charge in [-0.15, -0.1) is 0 Å².